The summed E-state index contributed by atoms with van der Waals surface area (Å²) in [4.78, 5) is 16.6. The minimum atomic E-state index is -0.958. The van der Waals surface area contributed by atoms with E-state index in [2.05, 4.69) is 11.1 Å². The zero-order valence-corrected chi connectivity index (χ0v) is 15.6. The van der Waals surface area contributed by atoms with Crippen LogP contribution in [0.1, 0.15) is 46.6 Å². The maximum Gasteiger partial charge on any atom is 0.195 e. The average Bonchev–Trinajstić information content (AvgIpc) is 3.10. The van der Waals surface area contributed by atoms with Crippen LogP contribution in [0.5, 0.6) is 5.75 Å². The zero-order valence-electron chi connectivity index (χ0n) is 15.6. The van der Waals surface area contributed by atoms with Gasteiger partial charge in [-0.25, -0.2) is 0 Å². The molecule has 3 N–H and O–H groups in total. The SMILES string of the molecule is CC1(C)c2cc(OC[C@H](O)CO)ccc2C(=O)c2c1[nH]c1cc(C#N)ccc21. The van der Waals surface area contributed by atoms with Crippen molar-refractivity contribution in [3.63, 3.8) is 0 Å². The lowest BCUT2D eigenvalue weighted by molar-refractivity contribution is 0.0535. The number of nitrogens with one attached hydrogen (secondary N) is 1. The lowest BCUT2D eigenvalue weighted by Crippen LogP contribution is -2.30. The van der Waals surface area contributed by atoms with E-state index in [1.54, 1.807) is 24.3 Å². The van der Waals surface area contributed by atoms with E-state index >= 15 is 0 Å². The molecule has 0 radical (unpaired) electrons. The molecule has 0 unspecified atom stereocenters. The number of rotatable bonds is 4. The molecule has 0 amide bonds. The van der Waals surface area contributed by atoms with Gasteiger partial charge in [0.15, 0.2) is 5.78 Å². The number of carbonyl (C=O) groups excluding carboxylic acids is 1. The van der Waals surface area contributed by atoms with Crippen molar-refractivity contribution in [2.24, 2.45) is 0 Å². The molecule has 142 valence electrons. The highest BCUT2D eigenvalue weighted by Gasteiger charge is 2.39. The summed E-state index contributed by atoms with van der Waals surface area (Å²) in [5.41, 5.74) is 3.70. The Kier molecular flexibility index (Phi) is 4.22. The number of hydrogen-bond acceptors (Lipinski definition) is 5. The minimum absolute atomic E-state index is 0.0295. The first-order valence-corrected chi connectivity index (χ1v) is 9.04. The highest BCUT2D eigenvalue weighted by Crippen LogP contribution is 2.44. The second-order valence-electron chi connectivity index (χ2n) is 7.56. The molecule has 0 aliphatic heterocycles. The van der Waals surface area contributed by atoms with Gasteiger partial charge in [0.25, 0.3) is 0 Å². The Labute approximate surface area is 162 Å². The molecule has 28 heavy (non-hydrogen) atoms. The van der Waals surface area contributed by atoms with Gasteiger partial charge in [0.1, 0.15) is 18.5 Å². The fraction of sp³-hybridized carbons (Fsp3) is 0.273. The predicted octanol–water partition coefficient (Wildman–Crippen LogP) is 2.64. The molecule has 0 bridgehead atoms. The van der Waals surface area contributed by atoms with Gasteiger partial charge in [0, 0.05) is 27.6 Å². The van der Waals surface area contributed by atoms with Crippen molar-refractivity contribution >= 4 is 16.7 Å². The van der Waals surface area contributed by atoms with Gasteiger partial charge in [-0.2, -0.15) is 5.26 Å². The Morgan fingerprint density at radius 3 is 2.75 bits per heavy atom. The van der Waals surface area contributed by atoms with Crippen molar-refractivity contribution in [1.82, 2.24) is 4.98 Å². The Balaban J connectivity index is 1.83. The topological polar surface area (TPSA) is 106 Å². The molecule has 6 nitrogen and oxygen atoms in total. The molecule has 0 saturated carbocycles. The molecule has 1 heterocycles. The number of aromatic nitrogens is 1. The number of fused-ring (bicyclic) bond motifs is 4. The number of ether oxygens (including phenoxy) is 1. The third kappa shape index (κ3) is 2.68. The highest BCUT2D eigenvalue weighted by molar-refractivity contribution is 6.20. The molecule has 3 aromatic rings. The third-order valence-electron chi connectivity index (χ3n) is 5.34. The first-order chi connectivity index (χ1) is 13.4. The normalized spacial score (nSPS) is 15.6. The Morgan fingerprint density at radius 2 is 2.04 bits per heavy atom. The van der Waals surface area contributed by atoms with Crippen LogP contribution >= 0.6 is 0 Å². The fourth-order valence-corrected chi connectivity index (χ4v) is 3.81. The molecule has 2 aromatic carbocycles. The molecule has 6 heteroatoms. The van der Waals surface area contributed by atoms with Crippen molar-refractivity contribution in [3.8, 4) is 11.8 Å². The Morgan fingerprint density at radius 1 is 1.25 bits per heavy atom. The zero-order chi connectivity index (χ0) is 20.1. The van der Waals surface area contributed by atoms with Gasteiger partial charge in [-0.05, 0) is 35.9 Å². The van der Waals surface area contributed by atoms with Crippen LogP contribution in [0, 0.1) is 11.3 Å². The first-order valence-electron chi connectivity index (χ1n) is 9.04. The van der Waals surface area contributed by atoms with Gasteiger partial charge in [-0.1, -0.05) is 19.9 Å². The number of benzene rings is 2. The molecule has 0 spiro atoms. The summed E-state index contributed by atoms with van der Waals surface area (Å²) < 4.78 is 5.56. The standard InChI is InChI=1S/C22H20N2O4/c1-22(2)17-8-14(28-11-13(26)10-25)4-6-15(17)20(27)19-16-5-3-12(9-23)7-18(16)24-21(19)22/h3-8,13,24-26H,10-11H2,1-2H3/t13-/m1/s1. The van der Waals surface area contributed by atoms with Gasteiger partial charge in [0.2, 0.25) is 0 Å². The Bertz CT molecular complexity index is 1140. The van der Waals surface area contributed by atoms with Gasteiger partial charge >= 0.3 is 0 Å². The van der Waals surface area contributed by atoms with Gasteiger partial charge in [0.05, 0.1) is 23.8 Å². The van der Waals surface area contributed by atoms with Gasteiger partial charge in [-0.3, -0.25) is 4.79 Å². The van der Waals surface area contributed by atoms with Crippen LogP contribution in [0.15, 0.2) is 36.4 Å². The van der Waals surface area contributed by atoms with E-state index in [0.717, 1.165) is 22.2 Å². The number of ketones is 1. The van der Waals surface area contributed by atoms with Crippen LogP contribution in [-0.2, 0) is 5.41 Å². The van der Waals surface area contributed by atoms with Crippen LogP contribution in [-0.4, -0.2) is 40.3 Å². The van der Waals surface area contributed by atoms with Crippen molar-refractivity contribution in [2.45, 2.75) is 25.4 Å². The molecular weight excluding hydrogens is 356 g/mol. The van der Waals surface area contributed by atoms with Crippen LogP contribution < -0.4 is 4.74 Å². The summed E-state index contributed by atoms with van der Waals surface area (Å²) in [6.07, 6.45) is -0.958. The van der Waals surface area contributed by atoms with E-state index in [0.29, 0.717) is 22.4 Å². The number of nitriles is 1. The van der Waals surface area contributed by atoms with E-state index in [4.69, 9.17) is 15.1 Å². The summed E-state index contributed by atoms with van der Waals surface area (Å²) in [6.45, 7) is 3.66. The molecule has 0 fully saturated rings. The van der Waals surface area contributed by atoms with Gasteiger partial charge in [-0.15, -0.1) is 0 Å². The van der Waals surface area contributed by atoms with Crippen molar-refractivity contribution in [1.29, 1.82) is 5.26 Å². The van der Waals surface area contributed by atoms with Crippen LogP contribution in [0.25, 0.3) is 10.9 Å². The molecule has 1 aliphatic carbocycles. The van der Waals surface area contributed by atoms with Crippen LogP contribution in [0.4, 0.5) is 0 Å². The molecule has 1 aliphatic rings. The predicted molar refractivity (Wildman–Crippen MR) is 104 cm³/mol. The number of aliphatic hydroxyl groups excluding tert-OH is 2. The minimum Gasteiger partial charge on any atom is -0.491 e. The molecule has 0 saturated heterocycles. The number of hydrogen-bond donors (Lipinski definition) is 3. The second-order valence-corrected chi connectivity index (χ2v) is 7.56. The summed E-state index contributed by atoms with van der Waals surface area (Å²) in [7, 11) is 0. The highest BCUT2D eigenvalue weighted by atomic mass is 16.5. The third-order valence-corrected chi connectivity index (χ3v) is 5.34. The van der Waals surface area contributed by atoms with Crippen LogP contribution in [0.3, 0.4) is 0 Å². The smallest absolute Gasteiger partial charge is 0.195 e. The summed E-state index contributed by atoms with van der Waals surface area (Å²) in [5.74, 6) is 0.459. The van der Waals surface area contributed by atoms with E-state index in [1.807, 2.05) is 26.0 Å². The van der Waals surface area contributed by atoms with Crippen molar-refractivity contribution in [2.75, 3.05) is 13.2 Å². The maximum atomic E-state index is 13.3. The molecule has 1 aromatic heterocycles. The average molecular weight is 376 g/mol. The van der Waals surface area contributed by atoms with Crippen molar-refractivity contribution < 1.29 is 19.7 Å². The van der Waals surface area contributed by atoms with E-state index < -0.39 is 11.5 Å². The number of aromatic amines is 1. The van der Waals surface area contributed by atoms with Crippen molar-refractivity contribution in [3.05, 3.63) is 64.3 Å². The van der Waals surface area contributed by atoms with Crippen LogP contribution in [0.2, 0.25) is 0 Å². The molecular formula is C22H20N2O4. The monoisotopic (exact) mass is 376 g/mol. The summed E-state index contributed by atoms with van der Waals surface area (Å²) in [5, 5.41) is 28.4. The fourth-order valence-electron chi connectivity index (χ4n) is 3.81. The second kappa shape index (κ2) is 6.48. The number of aliphatic hydroxyl groups is 2. The lowest BCUT2D eigenvalue weighted by atomic mass is 9.71. The van der Waals surface area contributed by atoms with E-state index in [1.165, 1.54) is 0 Å². The largest absolute Gasteiger partial charge is 0.491 e. The summed E-state index contributed by atoms with van der Waals surface area (Å²) in [6, 6.07) is 12.7. The summed E-state index contributed by atoms with van der Waals surface area (Å²) >= 11 is 0. The lowest BCUT2D eigenvalue weighted by Gasteiger charge is -2.32. The number of carbonyl (C=O) groups is 1. The maximum absolute atomic E-state index is 13.3. The molecule has 1 atom stereocenters. The first kappa shape index (κ1) is 18.2. The van der Waals surface area contributed by atoms with Gasteiger partial charge < -0.3 is 19.9 Å². The number of nitrogens with zero attached hydrogens (tertiary/aromatic N) is 1. The Hall–Kier alpha value is -3.14. The molecule has 4 rings (SSSR count). The van der Waals surface area contributed by atoms with E-state index in [9.17, 15) is 9.90 Å². The number of H-pyrrole nitrogens is 1. The quantitative estimate of drug-likeness (QED) is 0.649. The van der Waals surface area contributed by atoms with E-state index in [-0.39, 0.29) is 19.0 Å².